The molecular weight excluding hydrogens is 238 g/mol. The van der Waals surface area contributed by atoms with Crippen molar-refractivity contribution < 1.29 is 4.74 Å². The Bertz CT molecular complexity index is 628. The molecule has 1 aliphatic rings. The van der Waals surface area contributed by atoms with Gasteiger partial charge in [-0.3, -0.25) is 0 Å². The molecule has 1 saturated carbocycles. The van der Waals surface area contributed by atoms with Crippen molar-refractivity contribution in [3.05, 3.63) is 18.2 Å². The number of ether oxygens (including phenoxy) is 1. The number of para-hydroxylation sites is 1. The summed E-state index contributed by atoms with van der Waals surface area (Å²) in [5.41, 5.74) is 8.37. The largest absolute Gasteiger partial charge is 0.489 e. The van der Waals surface area contributed by atoms with Gasteiger partial charge in [-0.15, -0.1) is 0 Å². The molecule has 1 aliphatic carbocycles. The molecule has 4 heteroatoms. The van der Waals surface area contributed by atoms with Crippen LogP contribution in [0.15, 0.2) is 18.2 Å². The van der Waals surface area contributed by atoms with Gasteiger partial charge in [0, 0.05) is 6.04 Å². The highest BCUT2D eigenvalue weighted by molar-refractivity contribution is 5.84. The quantitative estimate of drug-likeness (QED) is 0.919. The molecule has 1 aromatic carbocycles. The fourth-order valence-electron chi connectivity index (χ4n) is 2.67. The molecule has 0 bridgehead atoms. The van der Waals surface area contributed by atoms with Crippen molar-refractivity contribution in [3.63, 3.8) is 0 Å². The lowest BCUT2D eigenvalue weighted by molar-refractivity contribution is 0.245. The highest BCUT2D eigenvalue weighted by Gasteiger charge is 2.48. The van der Waals surface area contributed by atoms with E-state index in [0.717, 1.165) is 23.2 Å². The molecule has 2 aromatic rings. The lowest BCUT2D eigenvalue weighted by Crippen LogP contribution is -2.06. The monoisotopic (exact) mass is 259 g/mol. The van der Waals surface area contributed by atoms with E-state index in [4.69, 9.17) is 10.5 Å². The Morgan fingerprint density at radius 3 is 2.68 bits per heavy atom. The first kappa shape index (κ1) is 12.3. The molecule has 1 fully saturated rings. The van der Waals surface area contributed by atoms with Gasteiger partial charge in [0.2, 0.25) is 5.95 Å². The number of anilines is 1. The highest BCUT2D eigenvalue weighted by Crippen LogP contribution is 2.57. The van der Waals surface area contributed by atoms with Crippen molar-refractivity contribution >= 4 is 17.0 Å². The summed E-state index contributed by atoms with van der Waals surface area (Å²) in [5.74, 6) is 1.40. The number of benzene rings is 1. The summed E-state index contributed by atoms with van der Waals surface area (Å²) in [5, 5.41) is 0. The van der Waals surface area contributed by atoms with Crippen molar-refractivity contribution in [2.24, 2.45) is 5.41 Å². The fraction of sp³-hybridized carbons (Fsp3) is 0.533. The molecule has 0 radical (unpaired) electrons. The summed E-state index contributed by atoms with van der Waals surface area (Å²) in [4.78, 5) is 4.51. The van der Waals surface area contributed by atoms with E-state index in [9.17, 15) is 0 Å². The Balaban J connectivity index is 2.12. The molecule has 1 atom stereocenters. The molecule has 2 N–H and O–H groups in total. The van der Waals surface area contributed by atoms with Crippen LogP contribution >= 0.6 is 0 Å². The van der Waals surface area contributed by atoms with E-state index in [1.54, 1.807) is 0 Å². The van der Waals surface area contributed by atoms with E-state index < -0.39 is 0 Å². The van der Waals surface area contributed by atoms with Crippen LogP contribution in [0.3, 0.4) is 0 Å². The van der Waals surface area contributed by atoms with Crippen LogP contribution in [0.2, 0.25) is 0 Å². The molecule has 1 unspecified atom stereocenters. The fourth-order valence-corrected chi connectivity index (χ4v) is 2.67. The molecule has 0 spiro atoms. The van der Waals surface area contributed by atoms with E-state index in [2.05, 4.69) is 29.5 Å². The first-order valence-electron chi connectivity index (χ1n) is 6.83. The molecule has 0 amide bonds. The van der Waals surface area contributed by atoms with Crippen LogP contribution in [0.4, 0.5) is 5.95 Å². The van der Waals surface area contributed by atoms with Crippen LogP contribution in [-0.4, -0.2) is 15.7 Å². The normalized spacial score (nSPS) is 21.0. The first-order chi connectivity index (χ1) is 8.90. The van der Waals surface area contributed by atoms with Crippen LogP contribution in [0.1, 0.15) is 40.2 Å². The predicted molar refractivity (Wildman–Crippen MR) is 77.3 cm³/mol. The van der Waals surface area contributed by atoms with E-state index in [1.807, 2.05) is 26.0 Å². The average molecular weight is 259 g/mol. The van der Waals surface area contributed by atoms with Crippen LogP contribution in [0.5, 0.6) is 5.75 Å². The molecule has 1 heterocycles. The zero-order valence-corrected chi connectivity index (χ0v) is 12.0. The molecule has 102 valence electrons. The summed E-state index contributed by atoms with van der Waals surface area (Å²) in [6.45, 7) is 8.56. The van der Waals surface area contributed by atoms with Gasteiger partial charge < -0.3 is 15.0 Å². The molecule has 3 rings (SSSR count). The molecular formula is C15H21N3O. The number of nitrogens with zero attached hydrogens (tertiary/aromatic N) is 2. The zero-order valence-electron chi connectivity index (χ0n) is 12.0. The number of aromatic nitrogens is 2. The highest BCUT2D eigenvalue weighted by atomic mass is 16.5. The Morgan fingerprint density at radius 2 is 2.11 bits per heavy atom. The van der Waals surface area contributed by atoms with Gasteiger partial charge in [-0.05, 0) is 37.8 Å². The number of nitrogens with two attached hydrogens (primary N) is 1. The van der Waals surface area contributed by atoms with Crippen molar-refractivity contribution in [1.82, 2.24) is 9.55 Å². The maximum atomic E-state index is 6.11. The van der Waals surface area contributed by atoms with Crippen molar-refractivity contribution in [2.75, 3.05) is 5.73 Å². The molecule has 1 aromatic heterocycles. The third-order valence-corrected chi connectivity index (χ3v) is 3.85. The van der Waals surface area contributed by atoms with Gasteiger partial charge in [0.05, 0.1) is 11.6 Å². The molecule has 0 aliphatic heterocycles. The first-order valence-corrected chi connectivity index (χ1v) is 6.83. The minimum atomic E-state index is 0.134. The summed E-state index contributed by atoms with van der Waals surface area (Å²) < 4.78 is 7.97. The number of rotatable bonds is 3. The number of imidazole rings is 1. The van der Waals surface area contributed by atoms with E-state index in [-0.39, 0.29) is 6.10 Å². The third-order valence-electron chi connectivity index (χ3n) is 3.85. The van der Waals surface area contributed by atoms with Gasteiger partial charge in [0.15, 0.2) is 0 Å². The lowest BCUT2D eigenvalue weighted by atomic mass is 10.2. The molecule has 0 saturated heterocycles. The second-order valence-electron chi connectivity index (χ2n) is 6.34. The predicted octanol–water partition coefficient (Wildman–Crippen LogP) is 3.38. The number of nitrogen functional groups attached to an aromatic ring is 1. The summed E-state index contributed by atoms with van der Waals surface area (Å²) in [7, 11) is 0. The Labute approximate surface area is 113 Å². The second-order valence-corrected chi connectivity index (χ2v) is 6.34. The van der Waals surface area contributed by atoms with Crippen LogP contribution in [-0.2, 0) is 0 Å². The van der Waals surface area contributed by atoms with E-state index in [1.165, 1.54) is 0 Å². The van der Waals surface area contributed by atoms with Gasteiger partial charge in [-0.2, -0.15) is 0 Å². The summed E-state index contributed by atoms with van der Waals surface area (Å²) in [6.07, 6.45) is 1.28. The standard InChI is InChI=1S/C15H21N3O/c1-9(2)19-11-7-5-6-10-13(11)17-14(16)18(10)12-8-15(12,3)4/h5-7,9,12H,8H2,1-4H3,(H2,16,17). The van der Waals surface area contributed by atoms with Gasteiger partial charge in [-0.1, -0.05) is 19.9 Å². The second kappa shape index (κ2) is 3.89. The Kier molecular flexibility index (Phi) is 2.52. The summed E-state index contributed by atoms with van der Waals surface area (Å²) in [6, 6.07) is 6.48. The van der Waals surface area contributed by atoms with Crippen LogP contribution in [0, 0.1) is 5.41 Å². The van der Waals surface area contributed by atoms with Gasteiger partial charge >= 0.3 is 0 Å². The average Bonchev–Trinajstić information content (AvgIpc) is 2.78. The van der Waals surface area contributed by atoms with Crippen molar-refractivity contribution in [2.45, 2.75) is 46.3 Å². The van der Waals surface area contributed by atoms with Crippen molar-refractivity contribution in [3.8, 4) is 5.75 Å². The minimum absolute atomic E-state index is 0.134. The number of hydrogen-bond acceptors (Lipinski definition) is 3. The summed E-state index contributed by atoms with van der Waals surface area (Å²) >= 11 is 0. The number of hydrogen-bond donors (Lipinski definition) is 1. The maximum Gasteiger partial charge on any atom is 0.201 e. The topological polar surface area (TPSA) is 53.1 Å². The van der Waals surface area contributed by atoms with Gasteiger partial charge in [0.1, 0.15) is 11.3 Å². The maximum absolute atomic E-state index is 6.11. The Morgan fingerprint density at radius 1 is 1.42 bits per heavy atom. The zero-order chi connectivity index (χ0) is 13.8. The minimum Gasteiger partial charge on any atom is -0.489 e. The van der Waals surface area contributed by atoms with Crippen LogP contribution in [0.25, 0.3) is 11.0 Å². The van der Waals surface area contributed by atoms with Gasteiger partial charge in [-0.25, -0.2) is 4.98 Å². The lowest BCUT2D eigenvalue weighted by Gasteiger charge is -2.11. The van der Waals surface area contributed by atoms with Gasteiger partial charge in [0.25, 0.3) is 0 Å². The smallest absolute Gasteiger partial charge is 0.201 e. The van der Waals surface area contributed by atoms with E-state index in [0.29, 0.717) is 17.4 Å². The molecule has 4 nitrogen and oxygen atoms in total. The van der Waals surface area contributed by atoms with Crippen molar-refractivity contribution in [1.29, 1.82) is 0 Å². The van der Waals surface area contributed by atoms with Crippen LogP contribution < -0.4 is 10.5 Å². The number of fused-ring (bicyclic) bond motifs is 1. The van der Waals surface area contributed by atoms with E-state index >= 15 is 0 Å². The molecule has 19 heavy (non-hydrogen) atoms. The third kappa shape index (κ3) is 1.95. The SMILES string of the molecule is CC(C)Oc1cccc2c1nc(N)n2C1CC1(C)C. The Hall–Kier alpha value is -1.71.